The minimum absolute atomic E-state index is 0.0303. The lowest BCUT2D eigenvalue weighted by Crippen LogP contribution is -2.35. The first-order chi connectivity index (χ1) is 14.5. The van der Waals surface area contributed by atoms with Gasteiger partial charge in [0, 0.05) is 18.3 Å². The third-order valence-corrected chi connectivity index (χ3v) is 6.96. The number of carbonyl (C=O) groups is 1. The highest BCUT2D eigenvalue weighted by atomic mass is 32.2. The summed E-state index contributed by atoms with van der Waals surface area (Å²) in [4.78, 5) is 17.1. The summed E-state index contributed by atoms with van der Waals surface area (Å²) in [7, 11) is -3.85. The van der Waals surface area contributed by atoms with Gasteiger partial charge < -0.3 is 0 Å². The van der Waals surface area contributed by atoms with E-state index in [1.54, 1.807) is 24.3 Å². The Hall–Kier alpha value is -3.50. The number of ketones is 1. The lowest BCUT2D eigenvalue weighted by atomic mass is 9.95. The number of carbonyl (C=O) groups excluding carboxylic acids is 1. The highest BCUT2D eigenvalue weighted by Crippen LogP contribution is 2.32. The van der Waals surface area contributed by atoms with E-state index in [4.69, 9.17) is 0 Å². The van der Waals surface area contributed by atoms with Crippen molar-refractivity contribution in [2.45, 2.75) is 23.7 Å². The quantitative estimate of drug-likeness (QED) is 0.590. The van der Waals surface area contributed by atoms with Gasteiger partial charge in [-0.3, -0.25) is 14.1 Å². The Morgan fingerprint density at radius 1 is 1.07 bits per heavy atom. The Balaban J connectivity index is 1.70. The first kappa shape index (κ1) is 19.8. The molecule has 0 saturated carbocycles. The number of aromatic nitrogens is 1. The molecule has 3 aromatic rings. The van der Waals surface area contributed by atoms with E-state index in [9.17, 15) is 18.5 Å². The van der Waals surface area contributed by atoms with Gasteiger partial charge in [-0.05, 0) is 48.7 Å². The summed E-state index contributed by atoms with van der Waals surface area (Å²) in [6.07, 6.45) is 3.07. The van der Waals surface area contributed by atoms with Crippen LogP contribution in [0.2, 0.25) is 0 Å². The van der Waals surface area contributed by atoms with Crippen LogP contribution >= 0.6 is 0 Å². The Labute approximate surface area is 175 Å². The van der Waals surface area contributed by atoms with Crippen LogP contribution in [0.4, 0.5) is 5.69 Å². The van der Waals surface area contributed by atoms with E-state index in [2.05, 4.69) is 4.98 Å². The normalized spacial score (nSPS) is 14.4. The highest BCUT2D eigenvalue weighted by Gasteiger charge is 2.30. The molecule has 150 valence electrons. The summed E-state index contributed by atoms with van der Waals surface area (Å²) in [6, 6.07) is 20.3. The second-order valence-corrected chi connectivity index (χ2v) is 8.88. The maximum absolute atomic E-state index is 13.4. The third-order valence-electron chi connectivity index (χ3n) is 5.15. The van der Waals surface area contributed by atoms with E-state index in [0.717, 1.165) is 18.4 Å². The van der Waals surface area contributed by atoms with Crippen molar-refractivity contribution in [3.63, 3.8) is 0 Å². The maximum Gasteiger partial charge on any atom is 0.264 e. The van der Waals surface area contributed by atoms with E-state index in [1.807, 2.05) is 24.3 Å². The van der Waals surface area contributed by atoms with Crippen molar-refractivity contribution in [2.24, 2.45) is 0 Å². The highest BCUT2D eigenvalue weighted by molar-refractivity contribution is 7.92. The molecule has 0 bridgehead atoms. The van der Waals surface area contributed by atoms with Crippen molar-refractivity contribution in [1.82, 2.24) is 4.98 Å². The van der Waals surface area contributed by atoms with E-state index in [0.29, 0.717) is 17.9 Å². The van der Waals surface area contributed by atoms with Gasteiger partial charge in [-0.25, -0.2) is 8.42 Å². The number of pyridine rings is 1. The van der Waals surface area contributed by atoms with Crippen LogP contribution in [-0.4, -0.2) is 25.7 Å². The summed E-state index contributed by atoms with van der Waals surface area (Å²) < 4.78 is 28.1. The molecule has 0 aliphatic carbocycles. The lowest BCUT2D eigenvalue weighted by Gasteiger charge is -2.30. The molecule has 0 saturated heterocycles. The van der Waals surface area contributed by atoms with Gasteiger partial charge in [0.2, 0.25) is 0 Å². The molecule has 1 aromatic heterocycles. The SMILES string of the molecule is N#C[C@@H](C(=O)c1cccc(S(=O)(=O)N2CCCc3ccccc32)c1)c1ccccn1. The molecular formula is C23H19N3O3S. The number of anilines is 1. The molecule has 0 N–H and O–H groups in total. The van der Waals surface area contributed by atoms with Crippen LogP contribution in [-0.2, 0) is 16.4 Å². The number of para-hydroxylation sites is 1. The minimum Gasteiger partial charge on any atom is -0.292 e. The molecule has 4 rings (SSSR count). The second kappa shape index (κ2) is 8.09. The van der Waals surface area contributed by atoms with E-state index < -0.39 is 21.7 Å². The zero-order valence-electron chi connectivity index (χ0n) is 16.1. The van der Waals surface area contributed by atoms with Crippen molar-refractivity contribution >= 4 is 21.5 Å². The number of nitrogens with zero attached hydrogens (tertiary/aromatic N) is 3. The fraction of sp³-hybridized carbons (Fsp3) is 0.174. The predicted molar refractivity (Wildman–Crippen MR) is 113 cm³/mol. The van der Waals surface area contributed by atoms with E-state index >= 15 is 0 Å². The maximum atomic E-state index is 13.4. The minimum atomic E-state index is -3.85. The monoisotopic (exact) mass is 417 g/mol. The number of hydrogen-bond acceptors (Lipinski definition) is 5. The fourth-order valence-electron chi connectivity index (χ4n) is 3.66. The van der Waals surface area contributed by atoms with Crippen molar-refractivity contribution in [3.8, 4) is 6.07 Å². The first-order valence-corrected chi connectivity index (χ1v) is 11.0. The summed E-state index contributed by atoms with van der Waals surface area (Å²) in [5.41, 5.74) is 2.16. The number of nitriles is 1. The molecule has 2 heterocycles. The molecule has 0 spiro atoms. The van der Waals surface area contributed by atoms with Crippen LogP contribution < -0.4 is 4.31 Å². The lowest BCUT2D eigenvalue weighted by molar-refractivity contribution is 0.0977. The largest absolute Gasteiger partial charge is 0.292 e. The van der Waals surface area contributed by atoms with Gasteiger partial charge in [0.05, 0.1) is 22.3 Å². The van der Waals surface area contributed by atoms with Crippen LogP contribution in [0.3, 0.4) is 0 Å². The standard InChI is InChI=1S/C23H19N3O3S/c24-16-20(21-11-3-4-13-25-21)23(27)18-8-5-10-19(15-18)30(28,29)26-14-6-9-17-7-1-2-12-22(17)26/h1-5,7-8,10-13,15,20H,6,9,14H2/t20-/m1/s1. The molecule has 30 heavy (non-hydrogen) atoms. The molecule has 7 heteroatoms. The first-order valence-electron chi connectivity index (χ1n) is 9.58. The van der Waals surface area contributed by atoms with Crippen molar-refractivity contribution < 1.29 is 13.2 Å². The molecule has 6 nitrogen and oxygen atoms in total. The van der Waals surface area contributed by atoms with Crippen molar-refractivity contribution in [1.29, 1.82) is 5.26 Å². The van der Waals surface area contributed by atoms with Crippen molar-refractivity contribution in [3.05, 3.63) is 89.7 Å². The molecule has 0 unspecified atom stereocenters. The van der Waals surface area contributed by atoms with Gasteiger partial charge in [0.1, 0.15) is 0 Å². The summed E-state index contributed by atoms with van der Waals surface area (Å²) in [5, 5.41) is 9.52. The van der Waals surface area contributed by atoms with Crippen LogP contribution in [0.25, 0.3) is 0 Å². The third kappa shape index (κ3) is 3.58. The van der Waals surface area contributed by atoms with Gasteiger partial charge in [-0.15, -0.1) is 0 Å². The van der Waals surface area contributed by atoms with Crippen LogP contribution in [0.1, 0.15) is 34.0 Å². The Bertz CT molecular complexity index is 1230. The van der Waals surface area contributed by atoms with Crippen molar-refractivity contribution in [2.75, 3.05) is 10.8 Å². The van der Waals surface area contributed by atoms with Gasteiger partial charge in [0.25, 0.3) is 10.0 Å². The van der Waals surface area contributed by atoms with E-state index in [-0.39, 0.29) is 10.5 Å². The fourth-order valence-corrected chi connectivity index (χ4v) is 5.25. The van der Waals surface area contributed by atoms with Gasteiger partial charge in [-0.2, -0.15) is 5.26 Å². The zero-order chi connectivity index (χ0) is 21.1. The summed E-state index contributed by atoms with van der Waals surface area (Å²) in [5.74, 6) is -1.58. The molecule has 1 aliphatic rings. The molecule has 0 radical (unpaired) electrons. The van der Waals surface area contributed by atoms with E-state index in [1.165, 1.54) is 34.8 Å². The number of aryl methyl sites for hydroxylation is 1. The Kier molecular flexibility index (Phi) is 5.34. The topological polar surface area (TPSA) is 91.1 Å². The molecule has 2 aromatic carbocycles. The molecule has 0 fully saturated rings. The number of hydrogen-bond donors (Lipinski definition) is 0. The van der Waals surface area contributed by atoms with Crippen LogP contribution in [0.15, 0.2) is 77.8 Å². The van der Waals surface area contributed by atoms with Gasteiger partial charge >= 0.3 is 0 Å². The number of fused-ring (bicyclic) bond motifs is 1. The Morgan fingerprint density at radius 2 is 1.87 bits per heavy atom. The molecule has 1 aliphatic heterocycles. The second-order valence-electron chi connectivity index (χ2n) is 7.02. The number of sulfonamides is 1. The smallest absolute Gasteiger partial charge is 0.264 e. The zero-order valence-corrected chi connectivity index (χ0v) is 16.9. The number of Topliss-reactive ketones (excluding diaryl/α,β-unsaturated/α-hetero) is 1. The molecule has 1 atom stereocenters. The predicted octanol–water partition coefficient (Wildman–Crippen LogP) is 3.71. The van der Waals surface area contributed by atoms with Crippen LogP contribution in [0, 0.1) is 11.3 Å². The average Bonchev–Trinajstić information content (AvgIpc) is 2.80. The average molecular weight is 417 g/mol. The van der Waals surface area contributed by atoms with Gasteiger partial charge in [-0.1, -0.05) is 36.4 Å². The number of rotatable bonds is 5. The molecular weight excluding hydrogens is 398 g/mol. The summed E-state index contributed by atoms with van der Waals surface area (Å²) in [6.45, 7) is 0.381. The molecule has 0 amide bonds. The Morgan fingerprint density at radius 3 is 2.63 bits per heavy atom. The van der Waals surface area contributed by atoms with Gasteiger partial charge in [0.15, 0.2) is 11.7 Å². The summed E-state index contributed by atoms with van der Waals surface area (Å²) >= 11 is 0. The van der Waals surface area contributed by atoms with Crippen LogP contribution in [0.5, 0.6) is 0 Å². The number of benzene rings is 2.